The molecule has 0 aliphatic carbocycles. The summed E-state index contributed by atoms with van der Waals surface area (Å²) in [6.45, 7) is 6.18. The number of aryl methyl sites for hydroxylation is 2. The number of anilines is 1. The second kappa shape index (κ2) is 8.72. The molecule has 0 aromatic heterocycles. The molecule has 3 heteroatoms. The van der Waals surface area contributed by atoms with E-state index in [0.717, 1.165) is 46.2 Å². The molecule has 1 amide bonds. The summed E-state index contributed by atoms with van der Waals surface area (Å²) in [5.41, 5.74) is 3.25. The van der Waals surface area contributed by atoms with E-state index in [-0.39, 0.29) is 5.91 Å². The van der Waals surface area contributed by atoms with Crippen LogP contribution in [0.1, 0.15) is 38.3 Å². The summed E-state index contributed by atoms with van der Waals surface area (Å²) in [6, 6.07) is 20.3. The smallest absolute Gasteiger partial charge is 0.265 e. The number of hydrogen-bond acceptors (Lipinski definition) is 2. The maximum Gasteiger partial charge on any atom is 0.265 e. The summed E-state index contributed by atoms with van der Waals surface area (Å²) in [7, 11) is 0. The molecule has 0 spiro atoms. The number of carbonyl (C=O) groups excluding carboxylic acids is 1. The normalized spacial score (nSPS) is 12.0. The Labute approximate surface area is 161 Å². The standard InChI is InChI=1S/C24H27NO2/c1-4-17-12-9-13-18(5-2)23(17)25-24(26)22(6-3)27-21-15-14-19-10-7-8-11-20(19)16-21/h7-16,22H,4-6H2,1-3H3,(H,25,26)/t22-/m0/s1. The first-order chi connectivity index (χ1) is 13.2. The van der Waals surface area contributed by atoms with Gasteiger partial charge in [0, 0.05) is 5.69 Å². The van der Waals surface area contributed by atoms with Crippen LogP contribution in [-0.2, 0) is 17.6 Å². The molecule has 0 unspecified atom stereocenters. The third kappa shape index (κ3) is 4.30. The van der Waals surface area contributed by atoms with Gasteiger partial charge in [-0.05, 0) is 53.3 Å². The predicted octanol–water partition coefficient (Wildman–Crippen LogP) is 5.76. The molecule has 3 rings (SSSR count). The van der Waals surface area contributed by atoms with Crippen LogP contribution in [0.15, 0.2) is 60.7 Å². The first-order valence-corrected chi connectivity index (χ1v) is 9.73. The molecule has 1 N–H and O–H groups in total. The van der Waals surface area contributed by atoms with Crippen molar-refractivity contribution in [2.45, 2.75) is 46.1 Å². The van der Waals surface area contributed by atoms with Gasteiger partial charge in [0.25, 0.3) is 5.91 Å². The van der Waals surface area contributed by atoms with Gasteiger partial charge in [-0.3, -0.25) is 4.79 Å². The highest BCUT2D eigenvalue weighted by atomic mass is 16.5. The summed E-state index contributed by atoms with van der Waals surface area (Å²) < 4.78 is 6.04. The highest BCUT2D eigenvalue weighted by Crippen LogP contribution is 2.25. The van der Waals surface area contributed by atoms with Gasteiger partial charge in [0.2, 0.25) is 0 Å². The second-order valence-electron chi connectivity index (χ2n) is 6.67. The number of hydrogen-bond donors (Lipinski definition) is 1. The molecule has 3 aromatic rings. The van der Waals surface area contributed by atoms with Crippen molar-refractivity contribution in [1.82, 2.24) is 0 Å². The van der Waals surface area contributed by atoms with Crippen LogP contribution in [0.4, 0.5) is 5.69 Å². The van der Waals surface area contributed by atoms with Crippen molar-refractivity contribution in [1.29, 1.82) is 0 Å². The van der Waals surface area contributed by atoms with E-state index in [1.165, 1.54) is 0 Å². The lowest BCUT2D eigenvalue weighted by Crippen LogP contribution is -2.33. The number of ether oxygens (including phenoxy) is 1. The zero-order valence-corrected chi connectivity index (χ0v) is 16.3. The quantitative estimate of drug-likeness (QED) is 0.581. The number of benzene rings is 3. The van der Waals surface area contributed by atoms with Crippen LogP contribution in [0.25, 0.3) is 10.8 Å². The van der Waals surface area contributed by atoms with Crippen molar-refractivity contribution < 1.29 is 9.53 Å². The van der Waals surface area contributed by atoms with Crippen LogP contribution in [0.5, 0.6) is 5.75 Å². The highest BCUT2D eigenvalue weighted by Gasteiger charge is 2.20. The first kappa shape index (κ1) is 19.0. The number of rotatable bonds is 7. The molecule has 3 aromatic carbocycles. The predicted molar refractivity (Wildman–Crippen MR) is 112 cm³/mol. The lowest BCUT2D eigenvalue weighted by molar-refractivity contribution is -0.122. The lowest BCUT2D eigenvalue weighted by atomic mass is 10.0. The number of fused-ring (bicyclic) bond motifs is 1. The molecule has 27 heavy (non-hydrogen) atoms. The van der Waals surface area contributed by atoms with Gasteiger partial charge >= 0.3 is 0 Å². The molecule has 140 valence electrons. The van der Waals surface area contributed by atoms with E-state index < -0.39 is 6.10 Å². The zero-order valence-electron chi connectivity index (χ0n) is 16.3. The van der Waals surface area contributed by atoms with Crippen molar-refractivity contribution in [3.8, 4) is 5.75 Å². The van der Waals surface area contributed by atoms with Crippen molar-refractivity contribution in [3.05, 3.63) is 71.8 Å². The van der Waals surface area contributed by atoms with Crippen LogP contribution >= 0.6 is 0 Å². The largest absolute Gasteiger partial charge is 0.481 e. The molecule has 1 atom stereocenters. The topological polar surface area (TPSA) is 38.3 Å². The number of nitrogens with one attached hydrogen (secondary N) is 1. The maximum absolute atomic E-state index is 12.9. The van der Waals surface area contributed by atoms with Crippen LogP contribution in [0, 0.1) is 0 Å². The van der Waals surface area contributed by atoms with Gasteiger partial charge in [-0.25, -0.2) is 0 Å². The fourth-order valence-corrected chi connectivity index (χ4v) is 3.33. The molecule has 0 aliphatic rings. The summed E-state index contributed by atoms with van der Waals surface area (Å²) in [6.07, 6.45) is 1.84. The van der Waals surface area contributed by atoms with Gasteiger partial charge in [0.1, 0.15) is 5.75 Å². The third-order valence-electron chi connectivity index (χ3n) is 4.91. The molecule has 3 nitrogen and oxygen atoms in total. The van der Waals surface area contributed by atoms with Gasteiger partial charge in [0.15, 0.2) is 6.10 Å². The Morgan fingerprint density at radius 1 is 0.889 bits per heavy atom. The van der Waals surface area contributed by atoms with Gasteiger partial charge in [-0.1, -0.05) is 69.3 Å². The summed E-state index contributed by atoms with van der Waals surface area (Å²) in [5, 5.41) is 5.39. The summed E-state index contributed by atoms with van der Waals surface area (Å²) in [5.74, 6) is 0.622. The second-order valence-corrected chi connectivity index (χ2v) is 6.67. The summed E-state index contributed by atoms with van der Waals surface area (Å²) in [4.78, 5) is 12.9. The minimum Gasteiger partial charge on any atom is -0.481 e. The molecule has 0 saturated heterocycles. The van der Waals surface area contributed by atoms with Crippen molar-refractivity contribution in [2.75, 3.05) is 5.32 Å². The first-order valence-electron chi connectivity index (χ1n) is 9.73. The van der Waals surface area contributed by atoms with E-state index in [2.05, 4.69) is 43.4 Å². The highest BCUT2D eigenvalue weighted by molar-refractivity contribution is 5.96. The minimum absolute atomic E-state index is 0.0961. The molecular weight excluding hydrogens is 334 g/mol. The molecule has 0 bridgehead atoms. The molecule has 0 fully saturated rings. The molecular formula is C24H27NO2. The van der Waals surface area contributed by atoms with Crippen molar-refractivity contribution >= 4 is 22.4 Å². The monoisotopic (exact) mass is 361 g/mol. The van der Waals surface area contributed by atoms with Crippen LogP contribution in [0.2, 0.25) is 0 Å². The third-order valence-corrected chi connectivity index (χ3v) is 4.91. The average Bonchev–Trinajstić information content (AvgIpc) is 2.71. The summed E-state index contributed by atoms with van der Waals surface area (Å²) >= 11 is 0. The van der Waals surface area contributed by atoms with Gasteiger partial charge in [0.05, 0.1) is 0 Å². The molecule has 0 heterocycles. The number of carbonyl (C=O) groups is 1. The lowest BCUT2D eigenvalue weighted by Gasteiger charge is -2.20. The minimum atomic E-state index is -0.527. The Hall–Kier alpha value is -2.81. The Balaban J connectivity index is 1.80. The molecule has 0 radical (unpaired) electrons. The van der Waals surface area contributed by atoms with Crippen LogP contribution < -0.4 is 10.1 Å². The van der Waals surface area contributed by atoms with E-state index in [4.69, 9.17) is 4.74 Å². The van der Waals surface area contributed by atoms with Crippen LogP contribution in [0.3, 0.4) is 0 Å². The van der Waals surface area contributed by atoms with Gasteiger partial charge < -0.3 is 10.1 Å². The molecule has 0 aliphatic heterocycles. The Kier molecular flexibility index (Phi) is 6.12. The van der Waals surface area contributed by atoms with E-state index in [0.29, 0.717) is 6.42 Å². The Morgan fingerprint density at radius 3 is 2.19 bits per heavy atom. The van der Waals surface area contributed by atoms with E-state index in [1.807, 2.05) is 43.3 Å². The van der Waals surface area contributed by atoms with E-state index in [9.17, 15) is 4.79 Å². The Morgan fingerprint density at radius 2 is 1.56 bits per heavy atom. The van der Waals surface area contributed by atoms with Crippen molar-refractivity contribution in [2.24, 2.45) is 0 Å². The Bertz CT molecular complexity index is 910. The van der Waals surface area contributed by atoms with E-state index in [1.54, 1.807) is 0 Å². The SMILES string of the molecule is CCc1cccc(CC)c1NC(=O)[C@H](CC)Oc1ccc2ccccc2c1. The number of para-hydroxylation sites is 1. The van der Waals surface area contributed by atoms with Gasteiger partial charge in [-0.2, -0.15) is 0 Å². The zero-order chi connectivity index (χ0) is 19.2. The average molecular weight is 361 g/mol. The van der Waals surface area contributed by atoms with E-state index >= 15 is 0 Å². The number of amides is 1. The van der Waals surface area contributed by atoms with Crippen molar-refractivity contribution in [3.63, 3.8) is 0 Å². The maximum atomic E-state index is 12.9. The fraction of sp³-hybridized carbons (Fsp3) is 0.292. The molecule has 0 saturated carbocycles. The fourth-order valence-electron chi connectivity index (χ4n) is 3.33. The van der Waals surface area contributed by atoms with Crippen LogP contribution in [-0.4, -0.2) is 12.0 Å². The van der Waals surface area contributed by atoms with Gasteiger partial charge in [-0.15, -0.1) is 0 Å².